The second-order valence-electron chi connectivity index (χ2n) is 5.37. The van der Waals surface area contributed by atoms with E-state index in [1.54, 1.807) is 0 Å². The Morgan fingerprint density at radius 2 is 1.71 bits per heavy atom. The highest BCUT2D eigenvalue weighted by Crippen LogP contribution is 2.37. The first-order valence-corrected chi connectivity index (χ1v) is 6.89. The topological polar surface area (TPSA) is 47.7 Å². The number of rotatable bonds is 1. The van der Waals surface area contributed by atoms with Gasteiger partial charge in [0, 0.05) is 25.9 Å². The molecule has 21 heavy (non-hydrogen) atoms. The number of ether oxygens (including phenoxy) is 2. The third kappa shape index (κ3) is 2.80. The number of hydrogen-bond acceptors (Lipinski definition) is 4. The zero-order valence-corrected chi connectivity index (χ0v) is 11.4. The van der Waals surface area contributed by atoms with Gasteiger partial charge >= 0.3 is 6.18 Å². The summed E-state index contributed by atoms with van der Waals surface area (Å²) in [6, 6.07) is 3.49. The van der Waals surface area contributed by atoms with Gasteiger partial charge in [-0.3, -0.25) is 0 Å². The summed E-state index contributed by atoms with van der Waals surface area (Å²) in [6.45, 7) is 2.50. The third-order valence-electron chi connectivity index (χ3n) is 4.03. The quantitative estimate of drug-likeness (QED) is 0.810. The number of halogens is 3. The van der Waals surface area contributed by atoms with E-state index >= 15 is 0 Å². The lowest BCUT2D eigenvalue weighted by atomic mass is 10.0. The Kier molecular flexibility index (Phi) is 3.49. The molecule has 2 aliphatic rings. The monoisotopic (exact) mass is 302 g/mol. The van der Waals surface area contributed by atoms with Crippen molar-refractivity contribution < 1.29 is 22.6 Å². The lowest BCUT2D eigenvalue weighted by Gasteiger charge is -2.39. The van der Waals surface area contributed by atoms with E-state index in [9.17, 15) is 13.2 Å². The van der Waals surface area contributed by atoms with Crippen molar-refractivity contribution >= 4 is 11.4 Å². The minimum Gasteiger partial charge on any atom is -0.397 e. The van der Waals surface area contributed by atoms with Crippen LogP contribution in [-0.2, 0) is 15.7 Å². The van der Waals surface area contributed by atoms with Crippen molar-refractivity contribution in [3.63, 3.8) is 0 Å². The number of benzene rings is 1. The van der Waals surface area contributed by atoms with Gasteiger partial charge in [-0.2, -0.15) is 13.2 Å². The average molecular weight is 302 g/mol. The molecule has 2 aliphatic heterocycles. The van der Waals surface area contributed by atoms with Gasteiger partial charge < -0.3 is 20.1 Å². The molecular formula is C14H17F3N2O2. The Balaban J connectivity index is 1.73. The largest absolute Gasteiger partial charge is 0.416 e. The maximum Gasteiger partial charge on any atom is 0.416 e. The minimum absolute atomic E-state index is 0.147. The van der Waals surface area contributed by atoms with Crippen molar-refractivity contribution in [2.24, 2.45) is 0 Å². The Morgan fingerprint density at radius 3 is 2.24 bits per heavy atom. The Hall–Kier alpha value is -1.47. The molecule has 116 valence electrons. The van der Waals surface area contributed by atoms with Crippen LogP contribution in [0.15, 0.2) is 18.2 Å². The van der Waals surface area contributed by atoms with Crippen molar-refractivity contribution in [2.75, 3.05) is 36.9 Å². The summed E-state index contributed by atoms with van der Waals surface area (Å²) in [5, 5.41) is 0. The number of nitrogens with two attached hydrogens (primary N) is 1. The molecule has 7 heteroatoms. The van der Waals surface area contributed by atoms with Gasteiger partial charge in [-0.05, 0) is 18.2 Å². The second-order valence-corrected chi connectivity index (χ2v) is 5.37. The molecule has 2 saturated heterocycles. The molecule has 0 aliphatic carbocycles. The van der Waals surface area contributed by atoms with Crippen LogP contribution in [0, 0.1) is 0 Å². The lowest BCUT2D eigenvalue weighted by Crippen LogP contribution is -2.45. The molecule has 1 aromatic carbocycles. The Morgan fingerprint density at radius 1 is 1.10 bits per heavy atom. The summed E-state index contributed by atoms with van der Waals surface area (Å²) < 4.78 is 49.2. The average Bonchev–Trinajstić information content (AvgIpc) is 2.87. The summed E-state index contributed by atoms with van der Waals surface area (Å²) >= 11 is 0. The zero-order valence-electron chi connectivity index (χ0n) is 11.4. The van der Waals surface area contributed by atoms with Crippen LogP contribution in [-0.4, -0.2) is 32.1 Å². The van der Waals surface area contributed by atoms with Crippen LogP contribution >= 0.6 is 0 Å². The molecule has 4 nitrogen and oxygen atoms in total. The van der Waals surface area contributed by atoms with Gasteiger partial charge in [0.2, 0.25) is 0 Å². The van der Waals surface area contributed by atoms with Crippen molar-refractivity contribution in [1.82, 2.24) is 0 Å². The predicted octanol–water partition coefficient (Wildman–Crippen LogP) is 2.63. The third-order valence-corrected chi connectivity index (χ3v) is 4.03. The molecule has 2 N–H and O–H groups in total. The standard InChI is InChI=1S/C14H17F3N2O2/c15-14(16,17)10-1-2-12(11(18)9-10)19-5-3-13(4-6-19)20-7-8-21-13/h1-2,9H,3-8,18H2. The second kappa shape index (κ2) is 5.06. The molecule has 2 heterocycles. The van der Waals surface area contributed by atoms with E-state index in [-0.39, 0.29) is 5.69 Å². The molecule has 0 unspecified atom stereocenters. The fraction of sp³-hybridized carbons (Fsp3) is 0.571. The van der Waals surface area contributed by atoms with Gasteiger partial charge in [0.05, 0.1) is 30.2 Å². The van der Waals surface area contributed by atoms with E-state index in [0.29, 0.717) is 44.8 Å². The van der Waals surface area contributed by atoms with Crippen molar-refractivity contribution in [2.45, 2.75) is 24.8 Å². The summed E-state index contributed by atoms with van der Waals surface area (Å²) in [6.07, 6.45) is -2.99. The molecule has 0 radical (unpaired) electrons. The van der Waals surface area contributed by atoms with Crippen molar-refractivity contribution in [1.29, 1.82) is 0 Å². The fourth-order valence-corrected chi connectivity index (χ4v) is 2.89. The van der Waals surface area contributed by atoms with E-state index < -0.39 is 17.5 Å². The van der Waals surface area contributed by atoms with E-state index in [2.05, 4.69) is 0 Å². The molecule has 0 atom stereocenters. The van der Waals surface area contributed by atoms with Gasteiger partial charge in [0.1, 0.15) is 0 Å². The maximum absolute atomic E-state index is 12.6. The summed E-state index contributed by atoms with van der Waals surface area (Å²) in [7, 11) is 0. The minimum atomic E-state index is -4.37. The summed E-state index contributed by atoms with van der Waals surface area (Å²) in [5.41, 5.74) is 5.85. The van der Waals surface area contributed by atoms with Crippen LogP contribution < -0.4 is 10.6 Å². The Labute approximate surface area is 120 Å². The molecule has 0 saturated carbocycles. The first-order chi connectivity index (χ1) is 9.90. The first-order valence-electron chi connectivity index (χ1n) is 6.89. The molecule has 0 aromatic heterocycles. The van der Waals surface area contributed by atoms with Crippen molar-refractivity contribution in [3.8, 4) is 0 Å². The zero-order chi connectivity index (χ0) is 15.1. The molecule has 1 spiro atoms. The molecule has 3 rings (SSSR count). The lowest BCUT2D eigenvalue weighted by molar-refractivity contribution is -0.169. The van der Waals surface area contributed by atoms with Crippen LogP contribution in [0.2, 0.25) is 0 Å². The first kappa shape index (κ1) is 14.5. The van der Waals surface area contributed by atoms with Gasteiger partial charge in [0.15, 0.2) is 5.79 Å². The number of anilines is 2. The van der Waals surface area contributed by atoms with Crippen LogP contribution in [0.1, 0.15) is 18.4 Å². The molecule has 1 aromatic rings. The van der Waals surface area contributed by atoms with Crippen LogP contribution in [0.5, 0.6) is 0 Å². The van der Waals surface area contributed by atoms with Crippen LogP contribution in [0.4, 0.5) is 24.5 Å². The summed E-state index contributed by atoms with van der Waals surface area (Å²) in [5.74, 6) is -0.503. The SMILES string of the molecule is Nc1cc(C(F)(F)F)ccc1N1CCC2(CC1)OCCO2. The molecule has 0 amide bonds. The van der Waals surface area contributed by atoms with E-state index in [4.69, 9.17) is 15.2 Å². The number of nitrogen functional groups attached to an aromatic ring is 1. The normalized spacial score (nSPS) is 22.0. The van der Waals surface area contributed by atoms with E-state index in [1.807, 2.05) is 4.90 Å². The van der Waals surface area contributed by atoms with Crippen LogP contribution in [0.3, 0.4) is 0 Å². The summed E-state index contributed by atoms with van der Waals surface area (Å²) in [4.78, 5) is 1.98. The highest BCUT2D eigenvalue weighted by atomic mass is 19.4. The number of piperidine rings is 1. The molecular weight excluding hydrogens is 285 g/mol. The predicted molar refractivity (Wildman–Crippen MR) is 71.9 cm³/mol. The van der Waals surface area contributed by atoms with Crippen LogP contribution in [0.25, 0.3) is 0 Å². The number of alkyl halides is 3. The van der Waals surface area contributed by atoms with Gasteiger partial charge in [-0.1, -0.05) is 0 Å². The van der Waals surface area contributed by atoms with Gasteiger partial charge in [-0.25, -0.2) is 0 Å². The number of hydrogen-bond donors (Lipinski definition) is 1. The smallest absolute Gasteiger partial charge is 0.397 e. The van der Waals surface area contributed by atoms with Gasteiger partial charge in [-0.15, -0.1) is 0 Å². The van der Waals surface area contributed by atoms with Gasteiger partial charge in [0.25, 0.3) is 0 Å². The molecule has 0 bridgehead atoms. The van der Waals surface area contributed by atoms with E-state index in [0.717, 1.165) is 12.1 Å². The van der Waals surface area contributed by atoms with Crippen molar-refractivity contribution in [3.05, 3.63) is 23.8 Å². The number of nitrogens with zero attached hydrogens (tertiary/aromatic N) is 1. The fourth-order valence-electron chi connectivity index (χ4n) is 2.89. The Bertz CT molecular complexity index is 517. The highest BCUT2D eigenvalue weighted by Gasteiger charge is 2.40. The van der Waals surface area contributed by atoms with E-state index in [1.165, 1.54) is 6.07 Å². The maximum atomic E-state index is 12.6. The highest BCUT2D eigenvalue weighted by molar-refractivity contribution is 5.69. The molecule has 2 fully saturated rings.